The molecule has 0 aliphatic carbocycles. The van der Waals surface area contributed by atoms with Crippen molar-refractivity contribution >= 4 is 0 Å². The van der Waals surface area contributed by atoms with Gasteiger partial charge < -0.3 is 5.11 Å². The van der Waals surface area contributed by atoms with E-state index in [1.807, 2.05) is 0 Å². The number of aliphatic hydroxyl groups excluding tert-OH is 1. The fraction of sp³-hybridized carbons (Fsp3) is 0.400. The lowest BCUT2D eigenvalue weighted by atomic mass is 9.96. The van der Waals surface area contributed by atoms with Gasteiger partial charge in [-0.25, -0.2) is 13.2 Å². The van der Waals surface area contributed by atoms with Crippen LogP contribution >= 0.6 is 0 Å². The number of benzene rings is 1. The van der Waals surface area contributed by atoms with Gasteiger partial charge in [-0.3, -0.25) is 0 Å². The lowest BCUT2D eigenvalue weighted by Crippen LogP contribution is -2.11. The maximum absolute atomic E-state index is 12.5. The zero-order chi connectivity index (χ0) is 10.6. The van der Waals surface area contributed by atoms with Crippen LogP contribution in [0.1, 0.15) is 17.9 Å². The van der Waals surface area contributed by atoms with Gasteiger partial charge in [0.2, 0.25) is 6.43 Å². The summed E-state index contributed by atoms with van der Waals surface area (Å²) in [4.78, 5) is 0. The number of aliphatic hydroxyl groups is 1. The molecule has 0 aromatic heterocycles. The van der Waals surface area contributed by atoms with Crippen molar-refractivity contribution < 1.29 is 18.3 Å². The maximum Gasteiger partial charge on any atom is 0.245 e. The zero-order valence-corrected chi connectivity index (χ0v) is 7.46. The molecule has 1 rings (SSSR count). The fourth-order valence-electron chi connectivity index (χ4n) is 1.29. The standard InChI is InChI=1S/C10H11F3O/c11-8-3-1-7(2-4-8)9(5-6-14)10(12)13/h1-4,9-10,14H,5-6H2. The molecular formula is C10H11F3O. The summed E-state index contributed by atoms with van der Waals surface area (Å²) in [6, 6.07) is 4.92. The second kappa shape index (κ2) is 5.00. The van der Waals surface area contributed by atoms with Crippen molar-refractivity contribution in [2.75, 3.05) is 6.61 Å². The normalized spacial score (nSPS) is 13.2. The Bertz CT molecular complexity index is 271. The summed E-state index contributed by atoms with van der Waals surface area (Å²) >= 11 is 0. The zero-order valence-electron chi connectivity index (χ0n) is 7.46. The molecule has 0 radical (unpaired) electrons. The lowest BCUT2D eigenvalue weighted by Gasteiger charge is -2.14. The van der Waals surface area contributed by atoms with Crippen LogP contribution in [-0.4, -0.2) is 18.1 Å². The van der Waals surface area contributed by atoms with Crippen molar-refractivity contribution in [3.63, 3.8) is 0 Å². The molecule has 0 fully saturated rings. The van der Waals surface area contributed by atoms with Crippen molar-refractivity contribution in [3.8, 4) is 0 Å². The summed E-state index contributed by atoms with van der Waals surface area (Å²) < 4.78 is 37.4. The van der Waals surface area contributed by atoms with Gasteiger partial charge in [0.15, 0.2) is 0 Å². The Morgan fingerprint density at radius 3 is 2.14 bits per heavy atom. The molecule has 78 valence electrons. The summed E-state index contributed by atoms with van der Waals surface area (Å²) in [5.41, 5.74) is 0.357. The highest BCUT2D eigenvalue weighted by molar-refractivity contribution is 5.21. The Morgan fingerprint density at radius 2 is 1.71 bits per heavy atom. The van der Waals surface area contributed by atoms with Gasteiger partial charge in [-0.1, -0.05) is 12.1 Å². The van der Waals surface area contributed by atoms with Crippen LogP contribution in [0.25, 0.3) is 0 Å². The Balaban J connectivity index is 2.82. The minimum atomic E-state index is -2.53. The molecule has 0 aliphatic rings. The van der Waals surface area contributed by atoms with Crippen LogP contribution in [0.2, 0.25) is 0 Å². The first kappa shape index (κ1) is 11.0. The fourth-order valence-corrected chi connectivity index (χ4v) is 1.29. The summed E-state index contributed by atoms with van der Waals surface area (Å²) in [6.45, 7) is -0.299. The molecular weight excluding hydrogens is 193 g/mol. The van der Waals surface area contributed by atoms with Crippen molar-refractivity contribution in [1.82, 2.24) is 0 Å². The Morgan fingerprint density at radius 1 is 1.14 bits per heavy atom. The highest BCUT2D eigenvalue weighted by Crippen LogP contribution is 2.26. The van der Waals surface area contributed by atoms with E-state index in [-0.39, 0.29) is 13.0 Å². The van der Waals surface area contributed by atoms with Crippen molar-refractivity contribution in [1.29, 1.82) is 0 Å². The third-order valence-corrected chi connectivity index (χ3v) is 2.04. The number of hydrogen-bond donors (Lipinski definition) is 1. The minimum Gasteiger partial charge on any atom is -0.396 e. The maximum atomic E-state index is 12.5. The molecule has 1 unspecified atom stereocenters. The number of alkyl halides is 2. The predicted molar refractivity (Wildman–Crippen MR) is 46.8 cm³/mol. The molecule has 0 spiro atoms. The molecule has 1 aromatic carbocycles. The third kappa shape index (κ3) is 2.73. The van der Waals surface area contributed by atoms with E-state index in [1.165, 1.54) is 12.1 Å². The lowest BCUT2D eigenvalue weighted by molar-refractivity contribution is 0.0988. The quantitative estimate of drug-likeness (QED) is 0.799. The second-order valence-corrected chi connectivity index (χ2v) is 3.00. The Kier molecular flexibility index (Phi) is 3.95. The monoisotopic (exact) mass is 204 g/mol. The first-order valence-corrected chi connectivity index (χ1v) is 4.29. The van der Waals surface area contributed by atoms with Crippen LogP contribution in [0.5, 0.6) is 0 Å². The average molecular weight is 204 g/mol. The van der Waals surface area contributed by atoms with Gasteiger partial charge in [0.1, 0.15) is 5.82 Å². The van der Waals surface area contributed by atoms with Crippen LogP contribution in [0.3, 0.4) is 0 Å². The molecule has 14 heavy (non-hydrogen) atoms. The van der Waals surface area contributed by atoms with Crippen LogP contribution in [-0.2, 0) is 0 Å². The van der Waals surface area contributed by atoms with Crippen LogP contribution in [0, 0.1) is 5.82 Å². The number of rotatable bonds is 4. The van der Waals surface area contributed by atoms with E-state index in [4.69, 9.17) is 5.11 Å². The van der Waals surface area contributed by atoms with E-state index in [0.717, 1.165) is 12.1 Å². The summed E-state index contributed by atoms with van der Waals surface area (Å²) in [5.74, 6) is -1.47. The van der Waals surface area contributed by atoms with Crippen molar-refractivity contribution in [3.05, 3.63) is 35.6 Å². The highest BCUT2D eigenvalue weighted by atomic mass is 19.3. The first-order valence-electron chi connectivity index (χ1n) is 4.29. The smallest absolute Gasteiger partial charge is 0.245 e. The average Bonchev–Trinajstić information content (AvgIpc) is 2.15. The molecule has 0 saturated heterocycles. The van der Waals surface area contributed by atoms with Gasteiger partial charge in [0.05, 0.1) is 0 Å². The van der Waals surface area contributed by atoms with E-state index >= 15 is 0 Å². The van der Waals surface area contributed by atoms with Crippen LogP contribution < -0.4 is 0 Å². The molecule has 0 heterocycles. The Labute approximate surface area is 80.2 Å². The van der Waals surface area contributed by atoms with Gasteiger partial charge in [-0.15, -0.1) is 0 Å². The van der Waals surface area contributed by atoms with Crippen LogP contribution in [0.4, 0.5) is 13.2 Å². The Hall–Kier alpha value is -1.03. The summed E-state index contributed by atoms with van der Waals surface area (Å²) in [5, 5.41) is 8.59. The number of hydrogen-bond acceptors (Lipinski definition) is 1. The van der Waals surface area contributed by atoms with Gasteiger partial charge in [-0.2, -0.15) is 0 Å². The summed E-state index contributed by atoms with van der Waals surface area (Å²) in [7, 11) is 0. The van der Waals surface area contributed by atoms with Gasteiger partial charge in [0.25, 0.3) is 0 Å². The largest absolute Gasteiger partial charge is 0.396 e. The van der Waals surface area contributed by atoms with E-state index in [0.29, 0.717) is 5.56 Å². The van der Waals surface area contributed by atoms with Crippen molar-refractivity contribution in [2.45, 2.75) is 18.8 Å². The third-order valence-electron chi connectivity index (χ3n) is 2.04. The van der Waals surface area contributed by atoms with E-state index < -0.39 is 18.2 Å². The summed E-state index contributed by atoms with van der Waals surface area (Å²) in [6.07, 6.45) is -2.55. The molecule has 1 aromatic rings. The topological polar surface area (TPSA) is 20.2 Å². The SMILES string of the molecule is OCCC(c1ccc(F)cc1)C(F)F. The first-order chi connectivity index (χ1) is 6.65. The van der Waals surface area contributed by atoms with Gasteiger partial charge >= 0.3 is 0 Å². The van der Waals surface area contributed by atoms with E-state index in [9.17, 15) is 13.2 Å². The van der Waals surface area contributed by atoms with Gasteiger partial charge in [-0.05, 0) is 24.1 Å². The van der Waals surface area contributed by atoms with Crippen LogP contribution in [0.15, 0.2) is 24.3 Å². The highest BCUT2D eigenvalue weighted by Gasteiger charge is 2.21. The van der Waals surface area contributed by atoms with Crippen molar-refractivity contribution in [2.24, 2.45) is 0 Å². The number of halogens is 3. The molecule has 1 N–H and O–H groups in total. The molecule has 1 nitrogen and oxygen atoms in total. The molecule has 4 heteroatoms. The second-order valence-electron chi connectivity index (χ2n) is 3.00. The van der Waals surface area contributed by atoms with E-state index in [2.05, 4.69) is 0 Å². The van der Waals surface area contributed by atoms with E-state index in [1.54, 1.807) is 0 Å². The van der Waals surface area contributed by atoms with Gasteiger partial charge in [0, 0.05) is 12.5 Å². The molecule has 0 amide bonds. The minimum absolute atomic E-state index is 0.0106. The molecule has 0 saturated carbocycles. The molecule has 1 atom stereocenters. The molecule has 0 aliphatic heterocycles. The predicted octanol–water partition coefficient (Wildman–Crippen LogP) is 2.56. The molecule has 0 bridgehead atoms.